The molecule has 3 N–H and O–H groups in total. The van der Waals surface area contributed by atoms with Gasteiger partial charge in [-0.1, -0.05) is 24.4 Å². The van der Waals surface area contributed by atoms with E-state index in [0.29, 0.717) is 17.9 Å². The van der Waals surface area contributed by atoms with Crippen molar-refractivity contribution >= 4 is 29.2 Å². The van der Waals surface area contributed by atoms with E-state index in [2.05, 4.69) is 5.32 Å². The lowest BCUT2D eigenvalue weighted by Crippen LogP contribution is -2.36. The van der Waals surface area contributed by atoms with Crippen molar-refractivity contribution in [3.05, 3.63) is 23.2 Å². The number of carbonyl (C=O) groups excluding carboxylic acids is 1. The Labute approximate surface area is 121 Å². The summed E-state index contributed by atoms with van der Waals surface area (Å²) in [6.07, 6.45) is 2.71. The summed E-state index contributed by atoms with van der Waals surface area (Å²) in [5.74, 6) is -2.65. The Morgan fingerprint density at radius 3 is 2.50 bits per heavy atom. The molecule has 1 aliphatic carbocycles. The molecular weight excluding hydrogens is 282 g/mol. The average molecular weight is 298 g/mol. The molecule has 108 valence electrons. The molecule has 1 saturated carbocycles. The zero-order valence-corrected chi connectivity index (χ0v) is 11.6. The second-order valence-electron chi connectivity index (χ2n) is 4.99. The summed E-state index contributed by atoms with van der Waals surface area (Å²) in [7, 11) is 0. The number of phenolic OH excluding ortho intramolecular Hbond substituents is 1. The molecule has 1 amide bonds. The minimum atomic E-state index is -0.944. The molecule has 0 aromatic heterocycles. The van der Waals surface area contributed by atoms with Crippen molar-refractivity contribution < 1.29 is 19.8 Å². The molecule has 1 aromatic carbocycles. The molecule has 0 radical (unpaired) electrons. The number of hydrogen-bond donors (Lipinski definition) is 3. The second-order valence-corrected chi connectivity index (χ2v) is 5.42. The standard InChI is InChI=1S/C14H16ClNO4/c15-8-5-6-12(17)11(7-8)16-13(18)9-3-1-2-4-10(9)14(19)20/h5-7,9-10,17H,1-4H2,(H,16,18)(H,19,20). The first-order chi connectivity index (χ1) is 9.49. The van der Waals surface area contributed by atoms with E-state index >= 15 is 0 Å². The van der Waals surface area contributed by atoms with Crippen molar-refractivity contribution in [3.8, 4) is 5.75 Å². The van der Waals surface area contributed by atoms with Crippen LogP contribution >= 0.6 is 11.6 Å². The number of carboxylic acids is 1. The summed E-state index contributed by atoms with van der Waals surface area (Å²) in [5.41, 5.74) is 0.206. The number of rotatable bonds is 3. The van der Waals surface area contributed by atoms with E-state index in [0.717, 1.165) is 12.8 Å². The maximum Gasteiger partial charge on any atom is 0.307 e. The number of phenols is 1. The molecule has 5 nitrogen and oxygen atoms in total. The van der Waals surface area contributed by atoms with Crippen LogP contribution in [0.4, 0.5) is 5.69 Å². The molecule has 1 aliphatic rings. The number of aliphatic carboxylic acids is 1. The summed E-state index contributed by atoms with van der Waals surface area (Å²) >= 11 is 5.81. The van der Waals surface area contributed by atoms with Gasteiger partial charge in [0.05, 0.1) is 17.5 Å². The highest BCUT2D eigenvalue weighted by Gasteiger charge is 2.35. The number of anilines is 1. The number of amides is 1. The van der Waals surface area contributed by atoms with E-state index in [4.69, 9.17) is 11.6 Å². The van der Waals surface area contributed by atoms with Gasteiger partial charge < -0.3 is 15.5 Å². The molecule has 0 aliphatic heterocycles. The largest absolute Gasteiger partial charge is 0.506 e. The maximum atomic E-state index is 12.2. The van der Waals surface area contributed by atoms with E-state index in [1.165, 1.54) is 18.2 Å². The van der Waals surface area contributed by atoms with E-state index in [1.54, 1.807) is 0 Å². The number of carboxylic acid groups (broad SMARTS) is 1. The van der Waals surface area contributed by atoms with Crippen LogP contribution in [0.3, 0.4) is 0 Å². The fourth-order valence-electron chi connectivity index (χ4n) is 2.57. The first-order valence-electron chi connectivity index (χ1n) is 6.51. The van der Waals surface area contributed by atoms with Gasteiger partial charge in [-0.2, -0.15) is 0 Å². The van der Waals surface area contributed by atoms with Crippen molar-refractivity contribution in [1.29, 1.82) is 0 Å². The summed E-state index contributed by atoms with van der Waals surface area (Å²) in [6.45, 7) is 0. The lowest BCUT2D eigenvalue weighted by atomic mass is 9.78. The minimum Gasteiger partial charge on any atom is -0.506 e. The van der Waals surface area contributed by atoms with Crippen molar-refractivity contribution in [2.45, 2.75) is 25.7 Å². The highest BCUT2D eigenvalue weighted by Crippen LogP contribution is 2.33. The lowest BCUT2D eigenvalue weighted by molar-refractivity contribution is -0.147. The van der Waals surface area contributed by atoms with Gasteiger partial charge in [-0.05, 0) is 31.0 Å². The summed E-state index contributed by atoms with van der Waals surface area (Å²) in [5, 5.41) is 21.8. The predicted octanol–water partition coefficient (Wildman–Crippen LogP) is 2.88. The molecule has 0 spiro atoms. The van der Waals surface area contributed by atoms with Crippen LogP contribution in [0.1, 0.15) is 25.7 Å². The van der Waals surface area contributed by atoms with Gasteiger partial charge in [0.15, 0.2) is 0 Å². The quantitative estimate of drug-likeness (QED) is 0.749. The van der Waals surface area contributed by atoms with Crippen LogP contribution in [0.25, 0.3) is 0 Å². The molecule has 0 saturated heterocycles. The molecule has 6 heteroatoms. The Kier molecular flexibility index (Phi) is 4.49. The normalized spacial score (nSPS) is 22.2. The van der Waals surface area contributed by atoms with Crippen molar-refractivity contribution in [1.82, 2.24) is 0 Å². The van der Waals surface area contributed by atoms with Crippen LogP contribution < -0.4 is 5.32 Å². The van der Waals surface area contributed by atoms with Gasteiger partial charge in [-0.25, -0.2) is 0 Å². The Morgan fingerprint density at radius 1 is 1.20 bits per heavy atom. The molecule has 20 heavy (non-hydrogen) atoms. The number of aromatic hydroxyl groups is 1. The SMILES string of the molecule is O=C(O)C1CCCCC1C(=O)Nc1cc(Cl)ccc1O. The number of benzene rings is 1. The van der Waals surface area contributed by atoms with Gasteiger partial charge in [-0.3, -0.25) is 9.59 Å². The van der Waals surface area contributed by atoms with Gasteiger partial charge in [0.2, 0.25) is 5.91 Å². The molecular formula is C14H16ClNO4. The molecule has 2 unspecified atom stereocenters. The highest BCUT2D eigenvalue weighted by atomic mass is 35.5. The van der Waals surface area contributed by atoms with Gasteiger partial charge in [0.1, 0.15) is 5.75 Å². The average Bonchev–Trinajstić information content (AvgIpc) is 2.42. The number of halogens is 1. The number of nitrogens with one attached hydrogen (secondary N) is 1. The fraction of sp³-hybridized carbons (Fsp3) is 0.429. The third-order valence-corrected chi connectivity index (χ3v) is 3.87. The predicted molar refractivity (Wildman–Crippen MR) is 74.8 cm³/mol. The third-order valence-electron chi connectivity index (χ3n) is 3.64. The minimum absolute atomic E-state index is 0.0922. The van der Waals surface area contributed by atoms with Crippen LogP contribution in [0, 0.1) is 11.8 Å². The van der Waals surface area contributed by atoms with Crippen molar-refractivity contribution in [3.63, 3.8) is 0 Å². The van der Waals surface area contributed by atoms with Crippen LogP contribution in [0.2, 0.25) is 5.02 Å². The van der Waals surface area contributed by atoms with Crippen molar-refractivity contribution in [2.75, 3.05) is 5.32 Å². The van der Waals surface area contributed by atoms with E-state index in [1.807, 2.05) is 0 Å². The zero-order valence-electron chi connectivity index (χ0n) is 10.8. The Bertz CT molecular complexity index is 532. The topological polar surface area (TPSA) is 86.6 Å². The van der Waals surface area contributed by atoms with Gasteiger partial charge in [0, 0.05) is 5.02 Å². The summed E-state index contributed by atoms with van der Waals surface area (Å²) < 4.78 is 0. The first-order valence-corrected chi connectivity index (χ1v) is 6.89. The maximum absolute atomic E-state index is 12.2. The molecule has 1 fully saturated rings. The summed E-state index contributed by atoms with van der Waals surface area (Å²) in [4.78, 5) is 23.4. The highest BCUT2D eigenvalue weighted by molar-refractivity contribution is 6.31. The van der Waals surface area contributed by atoms with Crippen LogP contribution in [-0.2, 0) is 9.59 Å². The van der Waals surface area contributed by atoms with Crippen LogP contribution in [-0.4, -0.2) is 22.1 Å². The Balaban J connectivity index is 2.14. The van der Waals surface area contributed by atoms with Gasteiger partial charge in [-0.15, -0.1) is 0 Å². The van der Waals surface area contributed by atoms with Crippen molar-refractivity contribution in [2.24, 2.45) is 11.8 Å². The molecule has 0 heterocycles. The van der Waals surface area contributed by atoms with E-state index in [9.17, 15) is 19.8 Å². The molecule has 2 rings (SSSR count). The fourth-order valence-corrected chi connectivity index (χ4v) is 2.75. The molecule has 0 bridgehead atoms. The van der Waals surface area contributed by atoms with Crippen LogP contribution in [0.15, 0.2) is 18.2 Å². The summed E-state index contributed by atoms with van der Waals surface area (Å²) in [6, 6.07) is 4.33. The zero-order chi connectivity index (χ0) is 14.7. The van der Waals surface area contributed by atoms with Gasteiger partial charge in [0.25, 0.3) is 0 Å². The van der Waals surface area contributed by atoms with E-state index < -0.39 is 17.8 Å². The molecule has 1 aromatic rings. The van der Waals surface area contributed by atoms with Crippen LogP contribution in [0.5, 0.6) is 5.75 Å². The Hall–Kier alpha value is -1.75. The van der Waals surface area contributed by atoms with Gasteiger partial charge >= 0.3 is 5.97 Å². The van der Waals surface area contributed by atoms with E-state index in [-0.39, 0.29) is 17.3 Å². The smallest absolute Gasteiger partial charge is 0.307 e. The number of hydrogen-bond acceptors (Lipinski definition) is 3. The third kappa shape index (κ3) is 3.22. The monoisotopic (exact) mass is 297 g/mol. The first kappa shape index (κ1) is 14.7. The number of carbonyl (C=O) groups is 2. The Morgan fingerprint density at radius 2 is 1.85 bits per heavy atom. The second kappa shape index (κ2) is 6.13. The lowest BCUT2D eigenvalue weighted by Gasteiger charge is -2.27. The molecule has 2 atom stereocenters.